The zero-order valence-electron chi connectivity index (χ0n) is 12.6. The van der Waals surface area contributed by atoms with Crippen LogP contribution in [0, 0.1) is 0 Å². The zero-order chi connectivity index (χ0) is 16.7. The molecule has 24 heavy (non-hydrogen) atoms. The fourth-order valence-corrected chi connectivity index (χ4v) is 2.72. The average Bonchev–Trinajstić information content (AvgIpc) is 3.33. The Hall–Kier alpha value is -3.22. The van der Waals surface area contributed by atoms with Gasteiger partial charge in [-0.2, -0.15) is 5.10 Å². The summed E-state index contributed by atoms with van der Waals surface area (Å²) in [6, 6.07) is 8.45. The van der Waals surface area contributed by atoms with Crippen LogP contribution in [0.3, 0.4) is 0 Å². The van der Waals surface area contributed by atoms with Crippen LogP contribution in [0.15, 0.2) is 36.5 Å². The van der Waals surface area contributed by atoms with Crippen LogP contribution in [0.25, 0.3) is 11.0 Å². The van der Waals surface area contributed by atoms with E-state index in [1.165, 1.54) is 6.07 Å². The van der Waals surface area contributed by atoms with Gasteiger partial charge in [-0.25, -0.2) is 9.78 Å². The first-order valence-corrected chi connectivity index (χ1v) is 7.60. The number of hydrogen-bond donors (Lipinski definition) is 3. The number of hydrogen-bond acceptors (Lipinski definition) is 4. The van der Waals surface area contributed by atoms with E-state index in [1.54, 1.807) is 24.4 Å². The number of amides is 1. The second-order valence-corrected chi connectivity index (χ2v) is 5.85. The molecule has 3 aromatic rings. The number of nitrogens with zero attached hydrogens (tertiary/aromatic N) is 2. The molecular formula is C17H14N4O3. The van der Waals surface area contributed by atoms with Gasteiger partial charge in [-0.15, -0.1) is 0 Å². The summed E-state index contributed by atoms with van der Waals surface area (Å²) in [4.78, 5) is 27.9. The third-order valence-electron chi connectivity index (χ3n) is 4.07. The molecule has 1 aromatic carbocycles. The molecule has 7 nitrogen and oxygen atoms in total. The van der Waals surface area contributed by atoms with Crippen molar-refractivity contribution in [2.75, 3.05) is 5.32 Å². The van der Waals surface area contributed by atoms with Crippen LogP contribution in [0.1, 0.15) is 45.2 Å². The van der Waals surface area contributed by atoms with Gasteiger partial charge in [0.2, 0.25) is 0 Å². The number of carbonyl (C=O) groups is 2. The molecule has 0 aliphatic heterocycles. The molecule has 1 aliphatic rings. The largest absolute Gasteiger partial charge is 0.478 e. The number of benzene rings is 1. The van der Waals surface area contributed by atoms with Gasteiger partial charge in [-0.3, -0.25) is 9.89 Å². The number of aromatic carboxylic acids is 1. The minimum atomic E-state index is -1.01. The molecule has 0 atom stereocenters. The van der Waals surface area contributed by atoms with Crippen molar-refractivity contribution in [3.8, 4) is 0 Å². The van der Waals surface area contributed by atoms with Gasteiger partial charge in [0, 0.05) is 11.9 Å². The Morgan fingerprint density at radius 3 is 2.83 bits per heavy atom. The van der Waals surface area contributed by atoms with Gasteiger partial charge < -0.3 is 10.4 Å². The van der Waals surface area contributed by atoms with Crippen LogP contribution in [-0.4, -0.2) is 32.2 Å². The summed E-state index contributed by atoms with van der Waals surface area (Å²) in [6.07, 6.45) is 3.70. The number of fused-ring (bicyclic) bond motifs is 1. The van der Waals surface area contributed by atoms with Crippen molar-refractivity contribution in [1.29, 1.82) is 0 Å². The Kier molecular flexibility index (Phi) is 3.26. The molecule has 0 radical (unpaired) electrons. The van der Waals surface area contributed by atoms with Crippen molar-refractivity contribution in [3.05, 3.63) is 53.3 Å². The maximum Gasteiger partial charge on any atom is 0.335 e. The van der Waals surface area contributed by atoms with Crippen molar-refractivity contribution in [3.63, 3.8) is 0 Å². The van der Waals surface area contributed by atoms with Gasteiger partial charge in [-0.05, 0) is 54.7 Å². The van der Waals surface area contributed by atoms with E-state index in [0.29, 0.717) is 28.3 Å². The second kappa shape index (κ2) is 5.45. The number of nitrogens with one attached hydrogen (secondary N) is 2. The smallest absolute Gasteiger partial charge is 0.335 e. The van der Waals surface area contributed by atoms with Crippen LogP contribution in [0.2, 0.25) is 0 Å². The average molecular weight is 322 g/mol. The van der Waals surface area contributed by atoms with E-state index in [2.05, 4.69) is 20.5 Å². The summed E-state index contributed by atoms with van der Waals surface area (Å²) in [5.74, 6) is -1.00. The summed E-state index contributed by atoms with van der Waals surface area (Å²) in [5.41, 5.74) is 2.34. The van der Waals surface area contributed by atoms with E-state index in [-0.39, 0.29) is 11.5 Å². The number of pyridine rings is 1. The molecule has 1 fully saturated rings. The lowest BCUT2D eigenvalue weighted by Crippen LogP contribution is -2.13. The van der Waals surface area contributed by atoms with Gasteiger partial charge >= 0.3 is 5.97 Å². The molecule has 3 N–H and O–H groups in total. The number of carboxylic acid groups (broad SMARTS) is 1. The maximum absolute atomic E-state index is 12.5. The van der Waals surface area contributed by atoms with E-state index in [4.69, 9.17) is 0 Å². The highest BCUT2D eigenvalue weighted by Gasteiger charge is 2.25. The first kappa shape index (κ1) is 14.4. The molecular weight excluding hydrogens is 308 g/mol. The fraction of sp³-hybridized carbons (Fsp3) is 0.176. The number of aromatic nitrogens is 3. The topological polar surface area (TPSA) is 108 Å². The molecule has 1 saturated carbocycles. The third kappa shape index (κ3) is 2.60. The van der Waals surface area contributed by atoms with Crippen LogP contribution in [-0.2, 0) is 0 Å². The quantitative estimate of drug-likeness (QED) is 0.684. The Balaban J connectivity index is 1.67. The first-order chi connectivity index (χ1) is 11.6. The summed E-state index contributed by atoms with van der Waals surface area (Å²) in [5, 5.41) is 19.3. The lowest BCUT2D eigenvalue weighted by atomic mass is 10.1. The maximum atomic E-state index is 12.5. The molecule has 0 spiro atoms. The number of aromatic amines is 1. The summed E-state index contributed by atoms with van der Waals surface area (Å²) in [6.45, 7) is 0. The molecule has 0 bridgehead atoms. The normalized spacial score (nSPS) is 13.8. The van der Waals surface area contributed by atoms with Gasteiger partial charge in [0.05, 0.1) is 10.9 Å². The van der Waals surface area contributed by atoms with Crippen molar-refractivity contribution in [2.45, 2.75) is 18.8 Å². The molecule has 0 unspecified atom stereocenters. The van der Waals surface area contributed by atoms with E-state index in [0.717, 1.165) is 18.4 Å². The van der Waals surface area contributed by atoms with Crippen molar-refractivity contribution in [1.82, 2.24) is 15.2 Å². The summed E-state index contributed by atoms with van der Waals surface area (Å²) >= 11 is 0. The SMILES string of the molecule is O=C(O)c1cc(NC(=O)c2[nH]nc3ncccc23)cc(C2CC2)c1. The van der Waals surface area contributed by atoms with Crippen molar-refractivity contribution < 1.29 is 14.7 Å². The van der Waals surface area contributed by atoms with Gasteiger partial charge in [0.1, 0.15) is 5.69 Å². The lowest BCUT2D eigenvalue weighted by molar-refractivity contribution is 0.0696. The van der Waals surface area contributed by atoms with E-state index in [1.807, 2.05) is 6.07 Å². The Bertz CT molecular complexity index is 959. The molecule has 0 saturated heterocycles. The van der Waals surface area contributed by atoms with Crippen LogP contribution >= 0.6 is 0 Å². The van der Waals surface area contributed by atoms with Crippen LogP contribution in [0.4, 0.5) is 5.69 Å². The highest BCUT2D eigenvalue weighted by Crippen LogP contribution is 2.41. The van der Waals surface area contributed by atoms with E-state index in [9.17, 15) is 14.7 Å². The highest BCUT2D eigenvalue weighted by atomic mass is 16.4. The Morgan fingerprint density at radius 1 is 1.25 bits per heavy atom. The number of carbonyl (C=O) groups excluding carboxylic acids is 1. The van der Waals surface area contributed by atoms with Crippen molar-refractivity contribution in [2.24, 2.45) is 0 Å². The van der Waals surface area contributed by atoms with Crippen molar-refractivity contribution >= 4 is 28.6 Å². The van der Waals surface area contributed by atoms with Crippen LogP contribution < -0.4 is 5.32 Å². The monoisotopic (exact) mass is 322 g/mol. The summed E-state index contributed by atoms with van der Waals surface area (Å²) < 4.78 is 0. The van der Waals surface area contributed by atoms with Gasteiger partial charge in [-0.1, -0.05) is 0 Å². The molecule has 7 heteroatoms. The third-order valence-corrected chi connectivity index (χ3v) is 4.07. The lowest BCUT2D eigenvalue weighted by Gasteiger charge is -2.08. The number of H-pyrrole nitrogens is 1. The summed E-state index contributed by atoms with van der Waals surface area (Å²) in [7, 11) is 0. The predicted molar refractivity (Wildman–Crippen MR) is 87.2 cm³/mol. The predicted octanol–water partition coefficient (Wildman–Crippen LogP) is 2.79. The zero-order valence-corrected chi connectivity index (χ0v) is 12.6. The highest BCUT2D eigenvalue weighted by molar-refractivity contribution is 6.10. The number of rotatable bonds is 4. The minimum absolute atomic E-state index is 0.172. The van der Waals surface area contributed by atoms with Crippen LogP contribution in [0.5, 0.6) is 0 Å². The second-order valence-electron chi connectivity index (χ2n) is 5.85. The number of anilines is 1. The standard InChI is InChI=1S/C17H14N4O3/c22-16(14-13-2-1-5-18-15(13)21-20-14)19-12-7-10(9-3-4-9)6-11(8-12)17(23)24/h1-2,5-9H,3-4H2,(H,19,22)(H,23,24)(H,18,20,21). The molecule has 4 rings (SSSR count). The first-order valence-electron chi connectivity index (χ1n) is 7.60. The van der Waals surface area contributed by atoms with Gasteiger partial charge in [0.15, 0.2) is 5.65 Å². The molecule has 1 amide bonds. The molecule has 1 aliphatic carbocycles. The Labute approximate surface area is 136 Å². The minimum Gasteiger partial charge on any atom is -0.478 e. The van der Waals surface area contributed by atoms with E-state index < -0.39 is 5.97 Å². The van der Waals surface area contributed by atoms with Gasteiger partial charge in [0.25, 0.3) is 5.91 Å². The fourth-order valence-electron chi connectivity index (χ4n) is 2.72. The Morgan fingerprint density at radius 2 is 2.08 bits per heavy atom. The molecule has 120 valence electrons. The number of carboxylic acids is 1. The molecule has 2 aromatic heterocycles. The van der Waals surface area contributed by atoms with E-state index >= 15 is 0 Å². The molecule has 2 heterocycles.